The Hall–Kier alpha value is -1.68. The molecule has 26 heavy (non-hydrogen) atoms. The highest BCUT2D eigenvalue weighted by Crippen LogP contribution is 2.28. The Bertz CT molecular complexity index is 702. The minimum Gasteiger partial charge on any atom is -0.492 e. The number of rotatable bonds is 9. The molecule has 146 valence electrons. The summed E-state index contributed by atoms with van der Waals surface area (Å²) < 4.78 is 38.4. The molecule has 1 aromatic rings. The average molecular weight is 385 g/mol. The van der Waals surface area contributed by atoms with Crippen molar-refractivity contribution in [1.82, 2.24) is 9.62 Å². The summed E-state index contributed by atoms with van der Waals surface area (Å²) >= 11 is 0. The summed E-state index contributed by atoms with van der Waals surface area (Å²) in [5.74, 6) is 0.238. The standard InChI is InChI=1S/C17H27N3O5S/c1-3-17(21)19-15-13-14(5-6-16(15)25-4-2)26(22,23)18-7-8-20-9-11-24-12-10-20/h5-6,13,18H,3-4,7-12H2,1-2H3,(H,19,21). The van der Waals surface area contributed by atoms with E-state index in [1.165, 1.54) is 12.1 Å². The van der Waals surface area contributed by atoms with Gasteiger partial charge in [-0.1, -0.05) is 6.92 Å². The monoisotopic (exact) mass is 385 g/mol. The second-order valence-electron chi connectivity index (χ2n) is 5.84. The van der Waals surface area contributed by atoms with Crippen LogP contribution in [0, 0.1) is 0 Å². The van der Waals surface area contributed by atoms with Gasteiger partial charge in [-0.15, -0.1) is 0 Å². The van der Waals surface area contributed by atoms with Crippen molar-refractivity contribution in [2.45, 2.75) is 25.2 Å². The maximum atomic E-state index is 12.5. The van der Waals surface area contributed by atoms with Gasteiger partial charge < -0.3 is 14.8 Å². The third-order valence-corrected chi connectivity index (χ3v) is 5.44. The molecular formula is C17H27N3O5S. The van der Waals surface area contributed by atoms with Gasteiger partial charge in [-0.05, 0) is 25.1 Å². The third kappa shape index (κ3) is 5.94. The zero-order chi connectivity index (χ0) is 19.0. The molecule has 1 aliphatic heterocycles. The van der Waals surface area contributed by atoms with Crippen LogP contribution >= 0.6 is 0 Å². The molecule has 0 unspecified atom stereocenters. The lowest BCUT2D eigenvalue weighted by atomic mass is 10.3. The van der Waals surface area contributed by atoms with Crippen molar-refractivity contribution < 1.29 is 22.7 Å². The van der Waals surface area contributed by atoms with E-state index in [4.69, 9.17) is 9.47 Å². The number of nitrogens with zero attached hydrogens (tertiary/aromatic N) is 1. The lowest BCUT2D eigenvalue weighted by Gasteiger charge is -2.26. The number of sulfonamides is 1. The van der Waals surface area contributed by atoms with Crippen molar-refractivity contribution >= 4 is 21.6 Å². The molecule has 0 bridgehead atoms. The van der Waals surface area contributed by atoms with Crippen molar-refractivity contribution in [3.05, 3.63) is 18.2 Å². The summed E-state index contributed by atoms with van der Waals surface area (Å²) in [5.41, 5.74) is 0.356. The van der Waals surface area contributed by atoms with Crippen LogP contribution in [-0.2, 0) is 19.6 Å². The number of nitrogens with one attached hydrogen (secondary N) is 2. The van der Waals surface area contributed by atoms with Crippen LogP contribution in [0.4, 0.5) is 5.69 Å². The third-order valence-electron chi connectivity index (χ3n) is 3.98. The number of carbonyl (C=O) groups excluding carboxylic acids is 1. The number of morpholine rings is 1. The molecule has 0 saturated carbocycles. The average Bonchev–Trinajstić information content (AvgIpc) is 2.64. The van der Waals surface area contributed by atoms with Crippen LogP contribution in [0.15, 0.2) is 23.1 Å². The molecule has 8 nitrogen and oxygen atoms in total. The molecule has 1 saturated heterocycles. The number of anilines is 1. The molecule has 9 heteroatoms. The molecule has 1 amide bonds. The second-order valence-corrected chi connectivity index (χ2v) is 7.61. The summed E-state index contributed by atoms with van der Waals surface area (Å²) in [5, 5.41) is 2.69. The first-order valence-electron chi connectivity index (χ1n) is 8.82. The number of amides is 1. The maximum absolute atomic E-state index is 12.5. The molecule has 0 spiro atoms. The van der Waals surface area contributed by atoms with Gasteiger partial charge in [0.05, 0.1) is 30.4 Å². The van der Waals surface area contributed by atoms with E-state index in [1.54, 1.807) is 13.0 Å². The molecule has 0 aliphatic carbocycles. The van der Waals surface area contributed by atoms with E-state index < -0.39 is 10.0 Å². The molecule has 1 aliphatic rings. The van der Waals surface area contributed by atoms with Gasteiger partial charge in [0, 0.05) is 32.6 Å². The number of hydrogen-bond acceptors (Lipinski definition) is 6. The highest BCUT2D eigenvalue weighted by Gasteiger charge is 2.18. The SMILES string of the molecule is CCOc1ccc(S(=O)(=O)NCCN2CCOCC2)cc1NC(=O)CC. The Balaban J connectivity index is 2.06. The fourth-order valence-corrected chi connectivity index (χ4v) is 3.59. The van der Waals surface area contributed by atoms with Gasteiger partial charge in [0.15, 0.2) is 0 Å². The van der Waals surface area contributed by atoms with Gasteiger partial charge in [0.25, 0.3) is 0 Å². The molecule has 1 fully saturated rings. The number of benzene rings is 1. The van der Waals surface area contributed by atoms with E-state index in [1.807, 2.05) is 6.92 Å². The van der Waals surface area contributed by atoms with Gasteiger partial charge in [-0.3, -0.25) is 9.69 Å². The van der Waals surface area contributed by atoms with Crippen LogP contribution in [0.25, 0.3) is 0 Å². The first kappa shape index (κ1) is 20.6. The van der Waals surface area contributed by atoms with E-state index in [0.717, 1.165) is 13.1 Å². The van der Waals surface area contributed by atoms with Crippen LogP contribution in [-0.4, -0.2) is 65.2 Å². The van der Waals surface area contributed by atoms with E-state index in [0.29, 0.717) is 50.8 Å². The molecule has 2 N–H and O–H groups in total. The highest BCUT2D eigenvalue weighted by molar-refractivity contribution is 7.89. The van der Waals surface area contributed by atoms with Crippen LogP contribution in [0.5, 0.6) is 5.75 Å². The van der Waals surface area contributed by atoms with E-state index in [2.05, 4.69) is 14.9 Å². The lowest BCUT2D eigenvalue weighted by molar-refractivity contribution is -0.115. The lowest BCUT2D eigenvalue weighted by Crippen LogP contribution is -2.41. The normalized spacial score (nSPS) is 15.6. The molecule has 0 atom stereocenters. The molecule has 2 rings (SSSR count). The molecule has 1 heterocycles. The van der Waals surface area contributed by atoms with Crippen LogP contribution in [0.3, 0.4) is 0 Å². The van der Waals surface area contributed by atoms with Crippen molar-refractivity contribution in [3.8, 4) is 5.75 Å². The highest BCUT2D eigenvalue weighted by atomic mass is 32.2. The molecular weight excluding hydrogens is 358 g/mol. The second kappa shape index (κ2) is 9.86. The van der Waals surface area contributed by atoms with Crippen LogP contribution in [0.1, 0.15) is 20.3 Å². The predicted octanol–water partition coefficient (Wildman–Crippen LogP) is 1.04. The van der Waals surface area contributed by atoms with Crippen LogP contribution in [0.2, 0.25) is 0 Å². The number of hydrogen-bond donors (Lipinski definition) is 2. The zero-order valence-electron chi connectivity index (χ0n) is 15.3. The Morgan fingerprint density at radius 3 is 2.65 bits per heavy atom. The molecule has 0 aromatic heterocycles. The quantitative estimate of drug-likeness (QED) is 0.659. The summed E-state index contributed by atoms with van der Waals surface area (Å²) in [4.78, 5) is 13.9. The minimum absolute atomic E-state index is 0.0920. The Morgan fingerprint density at radius 2 is 2.00 bits per heavy atom. The topological polar surface area (TPSA) is 97.0 Å². The zero-order valence-corrected chi connectivity index (χ0v) is 16.1. The Labute approximate surface area is 154 Å². The summed E-state index contributed by atoms with van der Waals surface area (Å²) in [6, 6.07) is 4.46. The van der Waals surface area contributed by atoms with Crippen molar-refractivity contribution in [2.24, 2.45) is 0 Å². The largest absolute Gasteiger partial charge is 0.492 e. The first-order valence-corrected chi connectivity index (χ1v) is 10.3. The Morgan fingerprint density at radius 1 is 1.27 bits per heavy atom. The fourth-order valence-electron chi connectivity index (χ4n) is 2.54. The van der Waals surface area contributed by atoms with E-state index >= 15 is 0 Å². The summed E-state index contributed by atoms with van der Waals surface area (Å²) in [6.45, 7) is 7.85. The molecule has 0 radical (unpaired) electrons. The number of ether oxygens (including phenoxy) is 2. The maximum Gasteiger partial charge on any atom is 0.240 e. The van der Waals surface area contributed by atoms with Crippen molar-refractivity contribution in [1.29, 1.82) is 0 Å². The van der Waals surface area contributed by atoms with Gasteiger partial charge in [0.2, 0.25) is 15.9 Å². The summed E-state index contributed by atoms with van der Waals surface area (Å²) in [6.07, 6.45) is 0.292. The van der Waals surface area contributed by atoms with Crippen molar-refractivity contribution in [2.75, 3.05) is 51.3 Å². The van der Waals surface area contributed by atoms with E-state index in [-0.39, 0.29) is 10.8 Å². The number of carbonyl (C=O) groups is 1. The predicted molar refractivity (Wildman–Crippen MR) is 99.0 cm³/mol. The minimum atomic E-state index is -3.67. The Kier molecular flexibility index (Phi) is 7.83. The van der Waals surface area contributed by atoms with Gasteiger partial charge >= 0.3 is 0 Å². The van der Waals surface area contributed by atoms with Crippen molar-refractivity contribution in [3.63, 3.8) is 0 Å². The van der Waals surface area contributed by atoms with Gasteiger partial charge in [0.1, 0.15) is 5.75 Å². The smallest absolute Gasteiger partial charge is 0.240 e. The molecule has 1 aromatic carbocycles. The first-order chi connectivity index (χ1) is 12.5. The summed E-state index contributed by atoms with van der Waals surface area (Å²) in [7, 11) is -3.67. The van der Waals surface area contributed by atoms with E-state index in [9.17, 15) is 13.2 Å². The van der Waals surface area contributed by atoms with Gasteiger partial charge in [-0.2, -0.15) is 0 Å². The van der Waals surface area contributed by atoms with Crippen LogP contribution < -0.4 is 14.8 Å². The fraction of sp³-hybridized carbons (Fsp3) is 0.588. The van der Waals surface area contributed by atoms with Gasteiger partial charge in [-0.25, -0.2) is 13.1 Å².